The monoisotopic (exact) mass is 354 g/mol. The molecule has 26 heavy (non-hydrogen) atoms. The quantitative estimate of drug-likeness (QED) is 0.842. The second-order valence-corrected chi connectivity index (χ2v) is 7.70. The van der Waals surface area contributed by atoms with Gasteiger partial charge in [0, 0.05) is 30.3 Å². The minimum absolute atomic E-state index is 0.185. The van der Waals surface area contributed by atoms with E-state index in [-0.39, 0.29) is 5.82 Å². The molecule has 2 aromatic rings. The number of anilines is 1. The van der Waals surface area contributed by atoms with Gasteiger partial charge in [0.1, 0.15) is 17.5 Å². The molecule has 1 saturated heterocycles. The molecule has 1 fully saturated rings. The average Bonchev–Trinajstić information content (AvgIpc) is 2.65. The van der Waals surface area contributed by atoms with Crippen LogP contribution in [0.3, 0.4) is 0 Å². The van der Waals surface area contributed by atoms with Crippen molar-refractivity contribution in [2.75, 3.05) is 31.6 Å². The van der Waals surface area contributed by atoms with E-state index in [4.69, 9.17) is 9.97 Å². The van der Waals surface area contributed by atoms with E-state index in [1.807, 2.05) is 12.1 Å². The number of piperidine rings is 1. The number of aromatic nitrogens is 2. The Bertz CT molecular complexity index is 766. The first-order valence-corrected chi connectivity index (χ1v) is 9.65. The van der Waals surface area contributed by atoms with Gasteiger partial charge in [-0.05, 0) is 70.4 Å². The van der Waals surface area contributed by atoms with E-state index in [0.29, 0.717) is 5.92 Å². The van der Waals surface area contributed by atoms with E-state index in [1.165, 1.54) is 17.7 Å². The van der Waals surface area contributed by atoms with E-state index >= 15 is 0 Å². The molecule has 0 amide bonds. The Morgan fingerprint density at radius 2 is 1.81 bits per heavy atom. The van der Waals surface area contributed by atoms with Crippen LogP contribution in [0, 0.1) is 12.7 Å². The molecule has 1 aromatic carbocycles. The van der Waals surface area contributed by atoms with Crippen LogP contribution in [0.4, 0.5) is 10.2 Å². The topological polar surface area (TPSA) is 32.3 Å². The summed E-state index contributed by atoms with van der Waals surface area (Å²) in [6, 6.07) is 6.82. The third-order valence-corrected chi connectivity index (χ3v) is 5.73. The van der Waals surface area contributed by atoms with Crippen LogP contribution in [0.5, 0.6) is 0 Å². The summed E-state index contributed by atoms with van der Waals surface area (Å²) in [4.78, 5) is 14.6. The smallest absolute Gasteiger partial charge is 0.136 e. The molecule has 0 radical (unpaired) electrons. The highest BCUT2D eigenvalue weighted by Gasteiger charge is 2.26. The van der Waals surface area contributed by atoms with E-state index < -0.39 is 0 Å². The Hall–Kier alpha value is -2.01. The molecule has 0 aliphatic carbocycles. The average molecular weight is 354 g/mol. The lowest BCUT2D eigenvalue weighted by Gasteiger charge is -2.33. The minimum Gasteiger partial charge on any atom is -0.352 e. The molecule has 0 saturated carbocycles. The van der Waals surface area contributed by atoms with E-state index in [2.05, 4.69) is 23.8 Å². The lowest BCUT2D eigenvalue weighted by atomic mass is 9.95. The van der Waals surface area contributed by atoms with Crippen LogP contribution >= 0.6 is 0 Å². The number of aryl methyl sites for hydroxylation is 1. The van der Waals surface area contributed by atoms with Gasteiger partial charge in [0.25, 0.3) is 0 Å². The standard InChI is InChI=1S/C21H27FN4/c1-15-19-4-3-11-26(14-16-5-7-18(22)8-6-16)21(19)24-20(23-15)17-9-12-25(2)13-10-17/h5-8,17H,3-4,9-14H2,1-2H3. The van der Waals surface area contributed by atoms with Crippen LogP contribution in [-0.4, -0.2) is 41.5 Å². The van der Waals surface area contributed by atoms with Crippen LogP contribution in [0.15, 0.2) is 24.3 Å². The van der Waals surface area contributed by atoms with Crippen LogP contribution in [0.2, 0.25) is 0 Å². The van der Waals surface area contributed by atoms with Crippen molar-refractivity contribution in [2.24, 2.45) is 0 Å². The largest absolute Gasteiger partial charge is 0.352 e. The van der Waals surface area contributed by atoms with Gasteiger partial charge in [-0.25, -0.2) is 14.4 Å². The van der Waals surface area contributed by atoms with Gasteiger partial charge in [-0.15, -0.1) is 0 Å². The van der Waals surface area contributed by atoms with Crippen molar-refractivity contribution in [3.8, 4) is 0 Å². The van der Waals surface area contributed by atoms with Gasteiger partial charge in [-0.3, -0.25) is 0 Å². The number of likely N-dealkylation sites (tertiary alicyclic amines) is 1. The van der Waals surface area contributed by atoms with Gasteiger partial charge >= 0.3 is 0 Å². The number of hydrogen-bond acceptors (Lipinski definition) is 4. The molecule has 4 rings (SSSR count). The Labute approximate surface area is 155 Å². The van der Waals surface area contributed by atoms with E-state index in [0.717, 1.165) is 74.8 Å². The maximum atomic E-state index is 13.2. The zero-order valence-electron chi connectivity index (χ0n) is 15.7. The molecule has 4 nitrogen and oxygen atoms in total. The maximum Gasteiger partial charge on any atom is 0.136 e. The van der Waals surface area contributed by atoms with Gasteiger partial charge in [0.15, 0.2) is 0 Å². The molecule has 0 bridgehead atoms. The summed E-state index contributed by atoms with van der Waals surface area (Å²) in [6.07, 6.45) is 4.43. The highest BCUT2D eigenvalue weighted by molar-refractivity contribution is 5.52. The van der Waals surface area contributed by atoms with E-state index in [9.17, 15) is 4.39 Å². The van der Waals surface area contributed by atoms with Crippen molar-refractivity contribution < 1.29 is 4.39 Å². The highest BCUT2D eigenvalue weighted by Crippen LogP contribution is 2.32. The zero-order valence-corrected chi connectivity index (χ0v) is 15.7. The van der Waals surface area contributed by atoms with Crippen molar-refractivity contribution in [3.05, 3.63) is 52.7 Å². The maximum absolute atomic E-state index is 13.2. The molecule has 0 spiro atoms. The molecular formula is C21H27FN4. The summed E-state index contributed by atoms with van der Waals surface area (Å²) in [5, 5.41) is 0. The van der Waals surface area contributed by atoms with Crippen LogP contribution in [-0.2, 0) is 13.0 Å². The number of rotatable bonds is 3. The fourth-order valence-corrected chi connectivity index (χ4v) is 4.12. The second-order valence-electron chi connectivity index (χ2n) is 7.70. The number of benzene rings is 1. The van der Waals surface area contributed by atoms with Gasteiger partial charge in [0.05, 0.1) is 0 Å². The number of hydrogen-bond donors (Lipinski definition) is 0. The fourth-order valence-electron chi connectivity index (χ4n) is 4.12. The van der Waals surface area contributed by atoms with Gasteiger partial charge < -0.3 is 9.80 Å². The van der Waals surface area contributed by atoms with Crippen molar-refractivity contribution in [2.45, 2.75) is 45.1 Å². The summed E-state index contributed by atoms with van der Waals surface area (Å²) in [7, 11) is 2.18. The van der Waals surface area contributed by atoms with Crippen LogP contribution < -0.4 is 4.90 Å². The van der Waals surface area contributed by atoms with Crippen molar-refractivity contribution in [1.29, 1.82) is 0 Å². The first-order chi connectivity index (χ1) is 12.6. The second kappa shape index (κ2) is 7.31. The van der Waals surface area contributed by atoms with Crippen LogP contribution in [0.25, 0.3) is 0 Å². The fraction of sp³-hybridized carbons (Fsp3) is 0.524. The predicted molar refractivity (Wildman–Crippen MR) is 102 cm³/mol. The number of nitrogens with zero attached hydrogens (tertiary/aromatic N) is 4. The summed E-state index contributed by atoms with van der Waals surface area (Å²) < 4.78 is 13.2. The third-order valence-electron chi connectivity index (χ3n) is 5.73. The predicted octanol–water partition coefficient (Wildman–Crippen LogP) is 3.69. The van der Waals surface area contributed by atoms with Gasteiger partial charge in [-0.1, -0.05) is 12.1 Å². The third kappa shape index (κ3) is 3.58. The molecule has 0 atom stereocenters. The van der Waals surface area contributed by atoms with E-state index in [1.54, 1.807) is 0 Å². The number of fused-ring (bicyclic) bond motifs is 1. The Morgan fingerprint density at radius 1 is 1.08 bits per heavy atom. The van der Waals surface area contributed by atoms with Crippen LogP contribution in [0.1, 0.15) is 47.8 Å². The molecule has 1 aromatic heterocycles. The van der Waals surface area contributed by atoms with Crippen molar-refractivity contribution in [1.82, 2.24) is 14.9 Å². The first-order valence-electron chi connectivity index (χ1n) is 9.65. The molecular weight excluding hydrogens is 327 g/mol. The highest BCUT2D eigenvalue weighted by atomic mass is 19.1. The lowest BCUT2D eigenvalue weighted by Crippen LogP contribution is -2.33. The first kappa shape index (κ1) is 17.4. The van der Waals surface area contributed by atoms with Gasteiger partial charge in [0.2, 0.25) is 0 Å². The van der Waals surface area contributed by atoms with Crippen molar-refractivity contribution in [3.63, 3.8) is 0 Å². The lowest BCUT2D eigenvalue weighted by molar-refractivity contribution is 0.251. The number of halogens is 1. The Morgan fingerprint density at radius 3 is 2.54 bits per heavy atom. The van der Waals surface area contributed by atoms with Gasteiger partial charge in [-0.2, -0.15) is 0 Å². The molecule has 0 unspecified atom stereocenters. The Balaban J connectivity index is 1.62. The SMILES string of the molecule is Cc1nc(C2CCN(C)CC2)nc2c1CCCN2Cc1ccc(F)cc1. The molecule has 3 heterocycles. The molecule has 5 heteroatoms. The molecule has 2 aliphatic heterocycles. The Kier molecular flexibility index (Phi) is 4.90. The molecule has 0 N–H and O–H groups in total. The van der Waals surface area contributed by atoms with Crippen molar-refractivity contribution >= 4 is 5.82 Å². The normalized spacial score (nSPS) is 18.8. The zero-order chi connectivity index (χ0) is 18.1. The summed E-state index contributed by atoms with van der Waals surface area (Å²) >= 11 is 0. The molecule has 2 aliphatic rings. The summed E-state index contributed by atoms with van der Waals surface area (Å²) in [5.41, 5.74) is 3.54. The minimum atomic E-state index is -0.185. The molecule has 138 valence electrons. The summed E-state index contributed by atoms with van der Waals surface area (Å²) in [5.74, 6) is 2.39. The summed E-state index contributed by atoms with van der Waals surface area (Å²) in [6.45, 7) is 6.12.